The first kappa shape index (κ1) is 16.1. The van der Waals surface area contributed by atoms with Gasteiger partial charge in [0.15, 0.2) is 0 Å². The zero-order valence-corrected chi connectivity index (χ0v) is 13.8. The molecule has 1 aliphatic rings. The van der Waals surface area contributed by atoms with Crippen molar-refractivity contribution < 1.29 is 0 Å². The number of hydrogen-bond acceptors (Lipinski definition) is 1. The lowest BCUT2D eigenvalue weighted by molar-refractivity contribution is 0.297. The first-order valence-corrected chi connectivity index (χ1v) is 8.63. The highest BCUT2D eigenvalue weighted by molar-refractivity contribution is 6.35. The van der Waals surface area contributed by atoms with Crippen molar-refractivity contribution in [1.29, 1.82) is 0 Å². The Labute approximate surface area is 133 Å². The lowest BCUT2D eigenvalue weighted by Gasteiger charge is -2.31. The van der Waals surface area contributed by atoms with Gasteiger partial charge in [0.2, 0.25) is 0 Å². The van der Waals surface area contributed by atoms with Crippen LogP contribution in [0.3, 0.4) is 0 Å². The van der Waals surface area contributed by atoms with E-state index in [-0.39, 0.29) is 0 Å². The molecule has 0 spiro atoms. The summed E-state index contributed by atoms with van der Waals surface area (Å²) in [5.41, 5.74) is 1.27. The molecule has 0 radical (unpaired) electrons. The zero-order valence-electron chi connectivity index (χ0n) is 12.3. The van der Waals surface area contributed by atoms with Crippen molar-refractivity contribution in [3.05, 3.63) is 33.8 Å². The number of halogens is 2. The van der Waals surface area contributed by atoms with Crippen LogP contribution in [0.15, 0.2) is 18.2 Å². The largest absolute Gasteiger partial charge is 0.316 e. The summed E-state index contributed by atoms with van der Waals surface area (Å²) in [6, 6.07) is 5.98. The van der Waals surface area contributed by atoms with Gasteiger partial charge in [-0.1, -0.05) is 55.5 Å². The quantitative estimate of drug-likeness (QED) is 0.668. The van der Waals surface area contributed by atoms with E-state index in [9.17, 15) is 0 Å². The summed E-state index contributed by atoms with van der Waals surface area (Å²) in [5.74, 6) is 1.28. The molecule has 0 saturated heterocycles. The molecular weight excluding hydrogens is 289 g/mol. The number of benzene rings is 1. The zero-order chi connectivity index (χ0) is 14.4. The van der Waals surface area contributed by atoms with Crippen molar-refractivity contribution in [2.24, 2.45) is 5.92 Å². The molecule has 20 heavy (non-hydrogen) atoms. The first-order valence-electron chi connectivity index (χ1n) is 7.88. The van der Waals surface area contributed by atoms with Crippen LogP contribution in [-0.2, 0) is 0 Å². The molecule has 0 amide bonds. The second kappa shape index (κ2) is 8.26. The highest BCUT2D eigenvalue weighted by atomic mass is 35.5. The Hall–Kier alpha value is -0.240. The van der Waals surface area contributed by atoms with Gasteiger partial charge in [-0.2, -0.15) is 0 Å². The summed E-state index contributed by atoms with van der Waals surface area (Å²) in [4.78, 5) is 0. The molecule has 1 nitrogen and oxygen atoms in total. The molecule has 3 heteroatoms. The Morgan fingerprint density at radius 2 is 1.95 bits per heavy atom. The van der Waals surface area contributed by atoms with Crippen LogP contribution >= 0.6 is 23.2 Å². The number of rotatable bonds is 6. The number of hydrogen-bond donors (Lipinski definition) is 1. The summed E-state index contributed by atoms with van der Waals surface area (Å²) >= 11 is 12.5. The normalized spacial score (nSPS) is 18.1. The van der Waals surface area contributed by atoms with E-state index >= 15 is 0 Å². The van der Waals surface area contributed by atoms with Crippen LogP contribution in [0.1, 0.15) is 56.9 Å². The third-order valence-corrected chi connectivity index (χ3v) is 4.93. The van der Waals surface area contributed by atoms with Crippen molar-refractivity contribution in [1.82, 2.24) is 5.32 Å². The maximum absolute atomic E-state index is 6.44. The third kappa shape index (κ3) is 4.38. The molecule has 1 fully saturated rings. The second-order valence-electron chi connectivity index (χ2n) is 5.87. The summed E-state index contributed by atoms with van der Waals surface area (Å²) in [6.07, 6.45) is 7.95. The van der Waals surface area contributed by atoms with Gasteiger partial charge in [-0.25, -0.2) is 0 Å². The van der Waals surface area contributed by atoms with Crippen molar-refractivity contribution >= 4 is 23.2 Å². The fourth-order valence-corrected chi connectivity index (χ4v) is 3.85. The Morgan fingerprint density at radius 3 is 2.60 bits per heavy atom. The van der Waals surface area contributed by atoms with Gasteiger partial charge in [0.1, 0.15) is 0 Å². The Bertz CT molecular complexity index is 413. The fourth-order valence-electron chi connectivity index (χ4n) is 3.30. The molecule has 2 rings (SSSR count). The van der Waals surface area contributed by atoms with Gasteiger partial charge in [-0.15, -0.1) is 0 Å². The van der Waals surface area contributed by atoms with Crippen LogP contribution in [0.2, 0.25) is 10.0 Å². The van der Waals surface area contributed by atoms with Crippen LogP contribution in [0, 0.1) is 5.92 Å². The standard InChI is InChI=1S/C17H25Cl2N/c1-2-10-20-12-16(13-6-4-3-5-7-13)15-9-8-14(18)11-17(15)19/h8-9,11,13,16,20H,2-7,10,12H2,1H3. The average Bonchev–Trinajstić information content (AvgIpc) is 2.46. The minimum absolute atomic E-state index is 0.520. The molecule has 1 unspecified atom stereocenters. The average molecular weight is 314 g/mol. The van der Waals surface area contributed by atoms with Crippen LogP contribution in [-0.4, -0.2) is 13.1 Å². The molecule has 1 aromatic rings. The molecule has 0 aromatic heterocycles. The lowest BCUT2D eigenvalue weighted by atomic mass is 9.76. The van der Waals surface area contributed by atoms with Gasteiger partial charge in [0, 0.05) is 22.5 Å². The van der Waals surface area contributed by atoms with E-state index in [4.69, 9.17) is 23.2 Å². The predicted octanol–water partition coefficient (Wildman–Crippen LogP) is 5.66. The molecule has 1 aliphatic carbocycles. The summed E-state index contributed by atoms with van der Waals surface area (Å²) < 4.78 is 0. The van der Waals surface area contributed by atoms with E-state index in [0.29, 0.717) is 5.92 Å². The molecule has 112 valence electrons. The maximum Gasteiger partial charge on any atom is 0.0456 e. The van der Waals surface area contributed by atoms with E-state index < -0.39 is 0 Å². The van der Waals surface area contributed by atoms with E-state index in [2.05, 4.69) is 18.3 Å². The van der Waals surface area contributed by atoms with Gasteiger partial charge in [0.25, 0.3) is 0 Å². The molecule has 0 aliphatic heterocycles. The van der Waals surface area contributed by atoms with Gasteiger partial charge in [-0.3, -0.25) is 0 Å². The minimum Gasteiger partial charge on any atom is -0.316 e. The molecule has 1 aromatic carbocycles. The topological polar surface area (TPSA) is 12.0 Å². The molecule has 0 heterocycles. The number of nitrogens with one attached hydrogen (secondary N) is 1. The molecule has 0 bridgehead atoms. The summed E-state index contributed by atoms with van der Waals surface area (Å²) in [5, 5.41) is 5.13. The van der Waals surface area contributed by atoms with Crippen LogP contribution in [0.25, 0.3) is 0 Å². The van der Waals surface area contributed by atoms with E-state index in [1.54, 1.807) is 0 Å². The Balaban J connectivity index is 2.15. The lowest BCUT2D eigenvalue weighted by Crippen LogP contribution is -2.28. The van der Waals surface area contributed by atoms with Crippen LogP contribution in [0.4, 0.5) is 0 Å². The molecule has 1 atom stereocenters. The van der Waals surface area contributed by atoms with Gasteiger partial charge >= 0.3 is 0 Å². The predicted molar refractivity (Wildman–Crippen MR) is 88.9 cm³/mol. The SMILES string of the molecule is CCCNCC(c1ccc(Cl)cc1Cl)C1CCCCC1. The van der Waals surface area contributed by atoms with Crippen molar-refractivity contribution in [3.8, 4) is 0 Å². The monoisotopic (exact) mass is 313 g/mol. The van der Waals surface area contributed by atoms with Crippen molar-refractivity contribution in [2.75, 3.05) is 13.1 Å². The van der Waals surface area contributed by atoms with E-state index in [1.165, 1.54) is 44.1 Å². The Kier molecular flexibility index (Phi) is 6.67. The highest BCUT2D eigenvalue weighted by Gasteiger charge is 2.26. The van der Waals surface area contributed by atoms with Crippen LogP contribution in [0.5, 0.6) is 0 Å². The smallest absolute Gasteiger partial charge is 0.0456 e. The fraction of sp³-hybridized carbons (Fsp3) is 0.647. The maximum atomic E-state index is 6.44. The van der Waals surface area contributed by atoms with Crippen molar-refractivity contribution in [2.45, 2.75) is 51.4 Å². The highest BCUT2D eigenvalue weighted by Crippen LogP contribution is 2.39. The second-order valence-corrected chi connectivity index (χ2v) is 6.72. The molecular formula is C17H25Cl2N. The van der Waals surface area contributed by atoms with Crippen LogP contribution < -0.4 is 5.32 Å². The first-order chi connectivity index (χ1) is 9.72. The minimum atomic E-state index is 0.520. The van der Waals surface area contributed by atoms with Crippen molar-refractivity contribution in [3.63, 3.8) is 0 Å². The summed E-state index contributed by atoms with van der Waals surface area (Å²) in [6.45, 7) is 4.31. The van der Waals surface area contributed by atoms with E-state index in [1.807, 2.05) is 12.1 Å². The summed E-state index contributed by atoms with van der Waals surface area (Å²) in [7, 11) is 0. The molecule has 1 saturated carbocycles. The van der Waals surface area contributed by atoms with Gasteiger partial charge in [-0.05, 0) is 49.4 Å². The third-order valence-electron chi connectivity index (χ3n) is 4.37. The van der Waals surface area contributed by atoms with Gasteiger partial charge < -0.3 is 5.32 Å². The van der Waals surface area contributed by atoms with Gasteiger partial charge in [0.05, 0.1) is 0 Å². The van der Waals surface area contributed by atoms with E-state index in [0.717, 1.165) is 29.1 Å². The molecule has 1 N–H and O–H groups in total. The Morgan fingerprint density at radius 1 is 1.20 bits per heavy atom.